The monoisotopic (exact) mass is 382 g/mol. The number of nitrogens with zero attached hydrogens (tertiary/aromatic N) is 1. The van der Waals surface area contributed by atoms with Crippen LogP contribution in [0.25, 0.3) is 5.76 Å². The van der Waals surface area contributed by atoms with Gasteiger partial charge in [-0.15, -0.1) is 0 Å². The second kappa shape index (κ2) is 6.63. The lowest BCUT2D eigenvalue weighted by Crippen LogP contribution is -2.18. The van der Waals surface area contributed by atoms with Crippen molar-refractivity contribution in [1.29, 1.82) is 0 Å². The van der Waals surface area contributed by atoms with Crippen molar-refractivity contribution in [2.45, 2.75) is 12.5 Å². The Bertz CT molecular complexity index is 1210. The second-order valence-electron chi connectivity index (χ2n) is 7.13. The maximum absolute atomic E-state index is 13.1. The number of aromatic hydroxyl groups is 1. The molecule has 0 spiro atoms. The Morgan fingerprint density at radius 2 is 1.55 bits per heavy atom. The van der Waals surface area contributed by atoms with Crippen LogP contribution in [0.1, 0.15) is 33.9 Å². The molecule has 142 valence electrons. The first-order chi connectivity index (χ1) is 14.1. The largest absolute Gasteiger partial charge is 0.508 e. The Balaban J connectivity index is 1.66. The topological polar surface area (TPSA) is 81.9 Å². The highest BCUT2D eigenvalue weighted by molar-refractivity contribution is 6.36. The van der Waals surface area contributed by atoms with E-state index in [0.717, 1.165) is 5.69 Å². The lowest BCUT2D eigenvalue weighted by atomic mass is 9.95. The van der Waals surface area contributed by atoms with E-state index in [0.29, 0.717) is 34.5 Å². The number of hydrogen-bond donors (Lipinski definition) is 3. The molecule has 0 saturated carbocycles. The average Bonchev–Trinajstić information content (AvgIpc) is 2.88. The van der Waals surface area contributed by atoms with E-state index in [1.54, 1.807) is 36.4 Å². The van der Waals surface area contributed by atoms with Gasteiger partial charge in [0.1, 0.15) is 11.5 Å². The molecule has 5 rings (SSSR count). The first-order valence-corrected chi connectivity index (χ1v) is 9.42. The molecule has 0 amide bonds. The van der Waals surface area contributed by atoms with E-state index in [1.807, 2.05) is 36.4 Å². The number of nitrogens with one attached hydrogen (secondary N) is 1. The van der Waals surface area contributed by atoms with Gasteiger partial charge >= 0.3 is 0 Å². The fourth-order valence-electron chi connectivity index (χ4n) is 3.98. The summed E-state index contributed by atoms with van der Waals surface area (Å²) < 4.78 is 0. The number of para-hydroxylation sites is 3. The number of ketones is 1. The zero-order chi connectivity index (χ0) is 20.0. The maximum atomic E-state index is 13.1. The van der Waals surface area contributed by atoms with Crippen LogP contribution < -0.4 is 5.32 Å². The Morgan fingerprint density at radius 1 is 0.862 bits per heavy atom. The number of carbonyl (C=O) groups excluding carboxylic acids is 1. The van der Waals surface area contributed by atoms with Gasteiger partial charge in [0, 0.05) is 23.1 Å². The predicted molar refractivity (Wildman–Crippen MR) is 113 cm³/mol. The van der Waals surface area contributed by atoms with Gasteiger partial charge in [-0.3, -0.25) is 9.79 Å². The van der Waals surface area contributed by atoms with E-state index in [-0.39, 0.29) is 28.9 Å². The van der Waals surface area contributed by atoms with Gasteiger partial charge in [0.25, 0.3) is 0 Å². The number of aliphatic hydroxyl groups excluding tert-OH is 1. The molecule has 1 aliphatic heterocycles. The number of fused-ring (bicyclic) bond motifs is 2. The third-order valence-corrected chi connectivity index (χ3v) is 5.38. The van der Waals surface area contributed by atoms with Crippen LogP contribution in [0.5, 0.6) is 5.75 Å². The van der Waals surface area contributed by atoms with Crippen molar-refractivity contribution in [3.8, 4) is 5.75 Å². The summed E-state index contributed by atoms with van der Waals surface area (Å²) >= 11 is 0. The molecule has 5 nitrogen and oxygen atoms in total. The molecule has 1 atom stereocenters. The smallest absolute Gasteiger partial charge is 0.199 e. The summed E-state index contributed by atoms with van der Waals surface area (Å²) in [5.74, 6) is -0.102. The molecule has 1 aliphatic carbocycles. The van der Waals surface area contributed by atoms with Crippen molar-refractivity contribution in [2.24, 2.45) is 4.99 Å². The first-order valence-electron chi connectivity index (χ1n) is 9.42. The molecule has 29 heavy (non-hydrogen) atoms. The van der Waals surface area contributed by atoms with Gasteiger partial charge in [-0.2, -0.15) is 0 Å². The van der Waals surface area contributed by atoms with Crippen LogP contribution >= 0.6 is 0 Å². The summed E-state index contributed by atoms with van der Waals surface area (Å²) in [6.45, 7) is 0. The number of phenolic OH excluding ortho intramolecular Hbond substituents is 1. The van der Waals surface area contributed by atoms with Crippen LogP contribution in [0.2, 0.25) is 0 Å². The highest BCUT2D eigenvalue weighted by Crippen LogP contribution is 2.40. The van der Waals surface area contributed by atoms with Crippen LogP contribution in [0.15, 0.2) is 83.4 Å². The summed E-state index contributed by atoms with van der Waals surface area (Å²) in [6, 6.07) is 21.4. The molecule has 2 aliphatic rings. The van der Waals surface area contributed by atoms with Crippen LogP contribution in [-0.2, 0) is 0 Å². The van der Waals surface area contributed by atoms with Crippen molar-refractivity contribution in [3.05, 3.63) is 95.1 Å². The first kappa shape index (κ1) is 17.3. The van der Waals surface area contributed by atoms with Gasteiger partial charge in [-0.25, -0.2) is 0 Å². The van der Waals surface area contributed by atoms with E-state index >= 15 is 0 Å². The number of aliphatic imine (C=N–C) groups is 1. The number of anilines is 1. The molecule has 1 unspecified atom stereocenters. The van der Waals surface area contributed by atoms with E-state index in [2.05, 4.69) is 5.32 Å². The standard InChI is InChI=1S/C24H18N2O3/c27-21-12-6-3-9-16(21)19-13-20(26-18-11-5-4-10-17(18)25-19)22-23(28)14-7-1-2-8-15(14)24(22)29/h1-12,19,25,27-28H,13H2. The molecule has 0 radical (unpaired) electrons. The van der Waals surface area contributed by atoms with Crippen LogP contribution in [0, 0.1) is 0 Å². The minimum atomic E-state index is -0.310. The molecular weight excluding hydrogens is 364 g/mol. The third kappa shape index (κ3) is 2.79. The van der Waals surface area contributed by atoms with Crippen molar-refractivity contribution in [1.82, 2.24) is 0 Å². The molecule has 3 aromatic rings. The Labute approximate surface area is 167 Å². The number of aliphatic hydroxyl groups is 1. The van der Waals surface area contributed by atoms with E-state index < -0.39 is 0 Å². The highest BCUT2D eigenvalue weighted by Gasteiger charge is 2.35. The van der Waals surface area contributed by atoms with Crippen LogP contribution in [-0.4, -0.2) is 21.7 Å². The fourth-order valence-corrected chi connectivity index (χ4v) is 3.98. The average molecular weight is 382 g/mol. The highest BCUT2D eigenvalue weighted by atomic mass is 16.3. The van der Waals surface area contributed by atoms with Gasteiger partial charge < -0.3 is 15.5 Å². The number of Topliss-reactive ketones (excluding diaryl/α,β-unsaturated/α-hetero) is 1. The molecule has 0 bridgehead atoms. The Morgan fingerprint density at radius 3 is 2.34 bits per heavy atom. The summed E-state index contributed by atoms with van der Waals surface area (Å²) in [5.41, 5.74) is 3.93. The minimum Gasteiger partial charge on any atom is -0.508 e. The molecule has 0 aromatic heterocycles. The number of phenols is 1. The summed E-state index contributed by atoms with van der Waals surface area (Å²) in [7, 11) is 0. The summed E-state index contributed by atoms with van der Waals surface area (Å²) in [5, 5.41) is 24.6. The molecular formula is C24H18N2O3. The number of benzene rings is 3. The van der Waals surface area contributed by atoms with E-state index in [1.165, 1.54) is 0 Å². The zero-order valence-corrected chi connectivity index (χ0v) is 15.5. The van der Waals surface area contributed by atoms with E-state index in [9.17, 15) is 15.0 Å². The third-order valence-electron chi connectivity index (χ3n) is 5.38. The van der Waals surface area contributed by atoms with Gasteiger partial charge in [0.05, 0.1) is 28.7 Å². The number of carbonyl (C=O) groups is 1. The second-order valence-corrected chi connectivity index (χ2v) is 7.13. The van der Waals surface area contributed by atoms with Crippen molar-refractivity contribution < 1.29 is 15.0 Å². The SMILES string of the molecule is O=C1C(C2=Nc3ccccc3NC(c3ccccc3O)C2)=C(O)c2ccccc21. The molecule has 5 heteroatoms. The van der Waals surface area contributed by atoms with Gasteiger partial charge in [-0.1, -0.05) is 54.6 Å². The van der Waals surface area contributed by atoms with Crippen molar-refractivity contribution in [2.75, 3.05) is 5.32 Å². The van der Waals surface area contributed by atoms with Crippen molar-refractivity contribution in [3.63, 3.8) is 0 Å². The maximum Gasteiger partial charge on any atom is 0.199 e. The van der Waals surface area contributed by atoms with Crippen molar-refractivity contribution >= 4 is 28.6 Å². The zero-order valence-electron chi connectivity index (χ0n) is 15.5. The lowest BCUT2D eigenvalue weighted by molar-refractivity contribution is 0.104. The Kier molecular flexibility index (Phi) is 3.95. The minimum absolute atomic E-state index is 0.0419. The van der Waals surface area contributed by atoms with Crippen LogP contribution in [0.3, 0.4) is 0 Å². The summed E-state index contributed by atoms with van der Waals surface area (Å²) in [6.07, 6.45) is 0.339. The molecule has 1 heterocycles. The summed E-state index contributed by atoms with van der Waals surface area (Å²) in [4.78, 5) is 17.8. The van der Waals surface area contributed by atoms with Crippen LogP contribution in [0.4, 0.5) is 11.4 Å². The Hall–Kier alpha value is -3.86. The van der Waals surface area contributed by atoms with Gasteiger partial charge in [-0.05, 0) is 18.2 Å². The van der Waals surface area contributed by atoms with Gasteiger partial charge in [0.15, 0.2) is 5.78 Å². The van der Waals surface area contributed by atoms with E-state index in [4.69, 9.17) is 4.99 Å². The molecule has 3 aromatic carbocycles. The molecule has 3 N–H and O–H groups in total. The quantitative estimate of drug-likeness (QED) is 0.570. The van der Waals surface area contributed by atoms with Gasteiger partial charge in [0.2, 0.25) is 0 Å². The number of allylic oxidation sites excluding steroid dienone is 1. The normalized spacial score (nSPS) is 17.9. The fraction of sp³-hybridized carbons (Fsp3) is 0.0833. The molecule has 0 fully saturated rings. The lowest BCUT2D eigenvalue weighted by Gasteiger charge is -2.20. The predicted octanol–water partition coefficient (Wildman–Crippen LogP) is 5.19. The number of hydrogen-bond acceptors (Lipinski definition) is 5. The number of rotatable bonds is 2. The molecule has 0 saturated heterocycles.